The summed E-state index contributed by atoms with van der Waals surface area (Å²) in [5.74, 6) is 0.474. The van der Waals surface area contributed by atoms with Crippen LogP contribution in [0.5, 0.6) is 0 Å². The largest absolute Gasteiger partial charge is 0.308 e. The zero-order valence-electron chi connectivity index (χ0n) is 13.0. The van der Waals surface area contributed by atoms with Crippen LogP contribution in [0.3, 0.4) is 0 Å². The molecular formula is C17H27FN2. The molecule has 1 aliphatic carbocycles. The van der Waals surface area contributed by atoms with Gasteiger partial charge in [0.25, 0.3) is 0 Å². The summed E-state index contributed by atoms with van der Waals surface area (Å²) < 4.78 is 12.9. The smallest absolute Gasteiger partial charge is 0.141 e. The van der Waals surface area contributed by atoms with E-state index in [2.05, 4.69) is 31.1 Å². The van der Waals surface area contributed by atoms with Gasteiger partial charge >= 0.3 is 0 Å². The maximum Gasteiger partial charge on any atom is 0.141 e. The molecule has 1 unspecified atom stereocenters. The van der Waals surface area contributed by atoms with Gasteiger partial charge in [-0.1, -0.05) is 26.7 Å². The predicted octanol–water partition coefficient (Wildman–Crippen LogP) is 4.48. The minimum atomic E-state index is -0.270. The van der Waals surface area contributed by atoms with Gasteiger partial charge in [0.2, 0.25) is 0 Å². The standard InChI is InChI=1S/C17H27FN2/c1-13(2)10-17(8-4-5-9-17)12-20-14(3)16-7-6-15(18)11-19-16/h6-7,11,13-14,20H,4-5,8-10,12H2,1-3H3. The molecule has 0 radical (unpaired) electrons. The van der Waals surface area contributed by atoms with Crippen molar-refractivity contribution in [2.45, 2.75) is 58.9 Å². The summed E-state index contributed by atoms with van der Waals surface area (Å²) in [5, 5.41) is 3.62. The summed E-state index contributed by atoms with van der Waals surface area (Å²) in [6.07, 6.45) is 7.98. The van der Waals surface area contributed by atoms with Crippen LogP contribution in [0, 0.1) is 17.2 Å². The second-order valence-corrected chi connectivity index (χ2v) is 6.81. The highest BCUT2D eigenvalue weighted by Gasteiger charge is 2.34. The molecule has 0 saturated heterocycles. The van der Waals surface area contributed by atoms with Crippen molar-refractivity contribution >= 4 is 0 Å². The molecule has 0 aliphatic heterocycles. The van der Waals surface area contributed by atoms with Crippen LogP contribution in [0.1, 0.15) is 64.6 Å². The average molecular weight is 278 g/mol. The van der Waals surface area contributed by atoms with E-state index in [4.69, 9.17) is 0 Å². The topological polar surface area (TPSA) is 24.9 Å². The van der Waals surface area contributed by atoms with Crippen LogP contribution >= 0.6 is 0 Å². The Hall–Kier alpha value is -0.960. The summed E-state index contributed by atoms with van der Waals surface area (Å²) in [4.78, 5) is 4.17. The number of halogens is 1. The molecule has 112 valence electrons. The molecule has 2 rings (SSSR count). The number of pyridine rings is 1. The molecule has 0 spiro atoms. The van der Waals surface area contributed by atoms with Gasteiger partial charge in [-0.2, -0.15) is 0 Å². The number of nitrogens with one attached hydrogen (secondary N) is 1. The molecule has 0 bridgehead atoms. The Bertz CT molecular complexity index is 408. The van der Waals surface area contributed by atoms with Gasteiger partial charge in [-0.3, -0.25) is 4.98 Å². The summed E-state index contributed by atoms with van der Waals surface area (Å²) in [6, 6.07) is 3.44. The molecule has 0 amide bonds. The van der Waals surface area contributed by atoms with Crippen LogP contribution in [0.4, 0.5) is 4.39 Å². The molecule has 2 nitrogen and oxygen atoms in total. The molecule has 1 fully saturated rings. The second-order valence-electron chi connectivity index (χ2n) is 6.81. The SMILES string of the molecule is CC(C)CC1(CNC(C)c2ccc(F)cn2)CCCC1. The van der Waals surface area contributed by atoms with Crippen LogP contribution in [0.25, 0.3) is 0 Å². The molecule has 1 aliphatic rings. The monoisotopic (exact) mass is 278 g/mol. The van der Waals surface area contributed by atoms with Crippen LogP contribution in [-0.2, 0) is 0 Å². The van der Waals surface area contributed by atoms with E-state index in [0.717, 1.165) is 18.2 Å². The zero-order valence-corrected chi connectivity index (χ0v) is 13.0. The molecule has 1 heterocycles. The van der Waals surface area contributed by atoms with Gasteiger partial charge < -0.3 is 5.32 Å². The van der Waals surface area contributed by atoms with E-state index in [1.807, 2.05) is 0 Å². The van der Waals surface area contributed by atoms with Crippen molar-refractivity contribution < 1.29 is 4.39 Å². The van der Waals surface area contributed by atoms with Gasteiger partial charge in [0.15, 0.2) is 0 Å². The minimum absolute atomic E-state index is 0.181. The summed E-state index contributed by atoms with van der Waals surface area (Å²) in [5.41, 5.74) is 1.38. The quantitative estimate of drug-likeness (QED) is 0.830. The molecular weight excluding hydrogens is 251 g/mol. The van der Waals surface area contributed by atoms with E-state index in [1.165, 1.54) is 44.4 Å². The number of hydrogen-bond acceptors (Lipinski definition) is 2. The molecule has 3 heteroatoms. The maximum absolute atomic E-state index is 12.9. The van der Waals surface area contributed by atoms with Crippen molar-refractivity contribution in [3.63, 3.8) is 0 Å². The Kier molecular flexibility index (Phi) is 5.14. The van der Waals surface area contributed by atoms with E-state index >= 15 is 0 Å². The first-order valence-electron chi connectivity index (χ1n) is 7.86. The molecule has 1 aromatic heterocycles. The van der Waals surface area contributed by atoms with E-state index in [1.54, 1.807) is 6.07 Å². The first-order valence-corrected chi connectivity index (χ1v) is 7.86. The maximum atomic E-state index is 12.9. The lowest BCUT2D eigenvalue weighted by atomic mass is 9.78. The Balaban J connectivity index is 1.93. The minimum Gasteiger partial charge on any atom is -0.308 e. The number of nitrogens with zero attached hydrogens (tertiary/aromatic N) is 1. The molecule has 1 N–H and O–H groups in total. The lowest BCUT2D eigenvalue weighted by Gasteiger charge is -2.32. The fraction of sp³-hybridized carbons (Fsp3) is 0.706. The van der Waals surface area contributed by atoms with Gasteiger partial charge in [0.1, 0.15) is 5.82 Å². The van der Waals surface area contributed by atoms with Crippen LogP contribution in [0.2, 0.25) is 0 Å². The first kappa shape index (κ1) is 15.4. The first-order chi connectivity index (χ1) is 9.51. The summed E-state index contributed by atoms with van der Waals surface area (Å²) in [6.45, 7) is 7.78. The Labute approximate surface area is 122 Å². The Morgan fingerprint density at radius 2 is 1.95 bits per heavy atom. The van der Waals surface area contributed by atoms with Gasteiger partial charge in [0, 0.05) is 12.6 Å². The summed E-state index contributed by atoms with van der Waals surface area (Å²) in [7, 11) is 0. The number of aromatic nitrogens is 1. The molecule has 0 aromatic carbocycles. The molecule has 1 atom stereocenters. The van der Waals surface area contributed by atoms with E-state index in [9.17, 15) is 4.39 Å². The van der Waals surface area contributed by atoms with Crippen molar-refractivity contribution in [3.05, 3.63) is 29.8 Å². The third-order valence-corrected chi connectivity index (χ3v) is 4.48. The van der Waals surface area contributed by atoms with Crippen molar-refractivity contribution in [1.82, 2.24) is 10.3 Å². The normalized spacial score (nSPS) is 19.4. The van der Waals surface area contributed by atoms with E-state index in [0.29, 0.717) is 5.41 Å². The van der Waals surface area contributed by atoms with Gasteiger partial charge in [-0.25, -0.2) is 4.39 Å². The Morgan fingerprint density at radius 1 is 1.25 bits per heavy atom. The van der Waals surface area contributed by atoms with Gasteiger partial charge in [-0.15, -0.1) is 0 Å². The number of hydrogen-bond donors (Lipinski definition) is 1. The van der Waals surface area contributed by atoms with Crippen LogP contribution < -0.4 is 5.32 Å². The highest BCUT2D eigenvalue weighted by molar-refractivity contribution is 5.09. The average Bonchev–Trinajstić information content (AvgIpc) is 2.85. The van der Waals surface area contributed by atoms with Crippen molar-refractivity contribution in [2.24, 2.45) is 11.3 Å². The number of rotatable bonds is 6. The van der Waals surface area contributed by atoms with Crippen LogP contribution in [-0.4, -0.2) is 11.5 Å². The fourth-order valence-corrected chi connectivity index (χ4v) is 3.56. The molecule has 20 heavy (non-hydrogen) atoms. The third kappa shape index (κ3) is 4.02. The van der Waals surface area contributed by atoms with E-state index in [-0.39, 0.29) is 11.9 Å². The highest BCUT2D eigenvalue weighted by Crippen LogP contribution is 2.42. The molecule has 1 aromatic rings. The van der Waals surface area contributed by atoms with Gasteiger partial charge in [-0.05, 0) is 49.7 Å². The predicted molar refractivity (Wildman–Crippen MR) is 81.0 cm³/mol. The Morgan fingerprint density at radius 3 is 2.50 bits per heavy atom. The van der Waals surface area contributed by atoms with Crippen molar-refractivity contribution in [1.29, 1.82) is 0 Å². The lowest BCUT2D eigenvalue weighted by Crippen LogP contribution is -2.35. The van der Waals surface area contributed by atoms with Crippen molar-refractivity contribution in [2.75, 3.05) is 6.54 Å². The van der Waals surface area contributed by atoms with Crippen LogP contribution in [0.15, 0.2) is 18.3 Å². The summed E-state index contributed by atoms with van der Waals surface area (Å²) >= 11 is 0. The third-order valence-electron chi connectivity index (χ3n) is 4.48. The lowest BCUT2D eigenvalue weighted by molar-refractivity contribution is 0.216. The highest BCUT2D eigenvalue weighted by atomic mass is 19.1. The second kappa shape index (κ2) is 6.66. The van der Waals surface area contributed by atoms with Gasteiger partial charge in [0.05, 0.1) is 11.9 Å². The molecule has 1 saturated carbocycles. The zero-order chi connectivity index (χ0) is 14.6. The fourth-order valence-electron chi connectivity index (χ4n) is 3.56. The van der Waals surface area contributed by atoms with E-state index < -0.39 is 0 Å². The van der Waals surface area contributed by atoms with Crippen molar-refractivity contribution in [3.8, 4) is 0 Å².